The zero-order chi connectivity index (χ0) is 20.9. The molecule has 0 bridgehead atoms. The number of aromatic nitrogens is 4. The lowest BCUT2D eigenvalue weighted by molar-refractivity contribution is 0.590. The predicted octanol–water partition coefficient (Wildman–Crippen LogP) is 5.32. The number of pyridine rings is 1. The van der Waals surface area contributed by atoms with Crippen molar-refractivity contribution >= 4 is 17.1 Å². The van der Waals surface area contributed by atoms with Crippen molar-refractivity contribution in [3.8, 4) is 22.4 Å². The van der Waals surface area contributed by atoms with E-state index in [1.54, 1.807) is 35.4 Å². The van der Waals surface area contributed by atoms with E-state index in [0.29, 0.717) is 10.6 Å². The molecule has 1 aromatic carbocycles. The molecule has 4 aromatic rings. The summed E-state index contributed by atoms with van der Waals surface area (Å²) in [5, 5.41) is 5.03. The smallest absolute Gasteiger partial charge is 0.190 e. The van der Waals surface area contributed by atoms with Gasteiger partial charge in [0.2, 0.25) is 0 Å². The van der Waals surface area contributed by atoms with E-state index in [2.05, 4.69) is 41.9 Å². The van der Waals surface area contributed by atoms with Crippen molar-refractivity contribution in [2.24, 2.45) is 0 Å². The minimum absolute atomic E-state index is 0.0505. The van der Waals surface area contributed by atoms with Crippen LogP contribution in [0.3, 0.4) is 0 Å². The fraction of sp³-hybridized carbons (Fsp3) is 0.261. The second-order valence-electron chi connectivity index (χ2n) is 8.41. The van der Waals surface area contributed by atoms with Gasteiger partial charge in [-0.2, -0.15) is 5.10 Å². The Kier molecular flexibility index (Phi) is 4.58. The first kappa shape index (κ1) is 19.4. The number of H-pyrrole nitrogens is 1. The predicted molar refractivity (Wildman–Crippen MR) is 118 cm³/mol. The van der Waals surface area contributed by atoms with Crippen molar-refractivity contribution in [1.29, 1.82) is 0 Å². The third kappa shape index (κ3) is 3.36. The Balaban J connectivity index is 1.87. The maximum Gasteiger partial charge on any atom is 0.190 e. The molecule has 0 fully saturated rings. The van der Waals surface area contributed by atoms with Crippen molar-refractivity contribution in [2.75, 3.05) is 0 Å². The molecule has 148 valence electrons. The number of nitrogens with zero attached hydrogens (tertiary/aromatic N) is 3. The van der Waals surface area contributed by atoms with Gasteiger partial charge in [0.05, 0.1) is 23.5 Å². The molecule has 1 N–H and O–H groups in total. The molecule has 3 heterocycles. The summed E-state index contributed by atoms with van der Waals surface area (Å²) < 4.78 is 1.71. The van der Waals surface area contributed by atoms with Gasteiger partial charge in [-0.15, -0.1) is 0 Å². The van der Waals surface area contributed by atoms with Gasteiger partial charge in [-0.25, -0.2) is 4.52 Å². The second kappa shape index (κ2) is 6.85. The number of hydrogen-bond acceptors (Lipinski definition) is 3. The summed E-state index contributed by atoms with van der Waals surface area (Å²) in [5.74, 6) is 0. The van der Waals surface area contributed by atoms with E-state index in [0.717, 1.165) is 39.2 Å². The standard InChI is InChI=1S/C23H23ClN4O/c1-13-8-17(23(3,4)5)18(24)9-15(13)19-10-21(29)22(14(2)27-19)16-11-26-28-7-6-25-12-20(16)28/h6-12H,1-5H3,(H,27,29). The van der Waals surface area contributed by atoms with Crippen LogP contribution in [0.4, 0.5) is 0 Å². The number of aryl methyl sites for hydroxylation is 2. The van der Waals surface area contributed by atoms with Gasteiger partial charge in [0.15, 0.2) is 5.43 Å². The Morgan fingerprint density at radius 2 is 1.83 bits per heavy atom. The Bertz CT molecular complexity index is 1290. The number of halogens is 1. The highest BCUT2D eigenvalue weighted by atomic mass is 35.5. The molecule has 0 aliphatic carbocycles. The molecule has 5 nitrogen and oxygen atoms in total. The molecule has 0 aliphatic heterocycles. The number of nitrogens with one attached hydrogen (secondary N) is 1. The summed E-state index contributed by atoms with van der Waals surface area (Å²) in [4.78, 5) is 20.6. The van der Waals surface area contributed by atoms with Gasteiger partial charge in [-0.05, 0) is 36.5 Å². The average molecular weight is 407 g/mol. The molecule has 0 atom stereocenters. The molecule has 0 saturated carbocycles. The van der Waals surface area contributed by atoms with Crippen LogP contribution >= 0.6 is 11.6 Å². The summed E-state index contributed by atoms with van der Waals surface area (Å²) >= 11 is 6.58. The normalized spacial score (nSPS) is 11.9. The van der Waals surface area contributed by atoms with Gasteiger partial charge < -0.3 is 4.98 Å². The number of benzene rings is 1. The fourth-order valence-electron chi connectivity index (χ4n) is 3.74. The zero-order valence-corrected chi connectivity index (χ0v) is 17.9. The third-order valence-electron chi connectivity index (χ3n) is 5.23. The van der Waals surface area contributed by atoms with E-state index in [1.807, 2.05) is 19.9 Å². The van der Waals surface area contributed by atoms with Gasteiger partial charge in [-0.1, -0.05) is 38.4 Å². The van der Waals surface area contributed by atoms with E-state index in [9.17, 15) is 4.79 Å². The van der Waals surface area contributed by atoms with Crippen LogP contribution in [-0.4, -0.2) is 19.6 Å². The number of aromatic amines is 1. The van der Waals surface area contributed by atoms with E-state index >= 15 is 0 Å². The van der Waals surface area contributed by atoms with E-state index in [1.165, 1.54) is 0 Å². The van der Waals surface area contributed by atoms with Crippen molar-refractivity contribution in [2.45, 2.75) is 40.0 Å². The summed E-state index contributed by atoms with van der Waals surface area (Å²) in [7, 11) is 0. The summed E-state index contributed by atoms with van der Waals surface area (Å²) in [6.45, 7) is 10.4. The SMILES string of the molecule is Cc1cc(C(C)(C)C)c(Cl)cc1-c1cc(=O)c(-c2cnn3ccncc23)c(C)[nH]1. The monoisotopic (exact) mass is 406 g/mol. The number of fused-ring (bicyclic) bond motifs is 1. The first-order valence-corrected chi connectivity index (χ1v) is 9.87. The summed E-state index contributed by atoms with van der Waals surface area (Å²) in [6, 6.07) is 5.69. The number of hydrogen-bond donors (Lipinski definition) is 1. The Labute approximate surface area is 174 Å². The van der Waals surface area contributed by atoms with Crippen LogP contribution < -0.4 is 5.43 Å². The topological polar surface area (TPSA) is 63.1 Å². The van der Waals surface area contributed by atoms with Crippen LogP contribution in [-0.2, 0) is 5.41 Å². The molecule has 0 saturated heterocycles. The largest absolute Gasteiger partial charge is 0.358 e. The number of rotatable bonds is 2. The van der Waals surface area contributed by atoms with Crippen molar-refractivity contribution < 1.29 is 0 Å². The van der Waals surface area contributed by atoms with Gasteiger partial charge in [-0.3, -0.25) is 9.78 Å². The molecule has 0 amide bonds. The van der Waals surface area contributed by atoms with Crippen molar-refractivity contribution in [3.63, 3.8) is 0 Å². The maximum atomic E-state index is 13.1. The maximum absolute atomic E-state index is 13.1. The quantitative estimate of drug-likeness (QED) is 0.490. The molecule has 3 aromatic heterocycles. The second-order valence-corrected chi connectivity index (χ2v) is 8.82. The molecule has 6 heteroatoms. The lowest BCUT2D eigenvalue weighted by Crippen LogP contribution is -2.13. The van der Waals surface area contributed by atoms with Crippen LogP contribution in [0.5, 0.6) is 0 Å². The van der Waals surface area contributed by atoms with Crippen LogP contribution in [0.25, 0.3) is 27.9 Å². The van der Waals surface area contributed by atoms with E-state index in [4.69, 9.17) is 11.6 Å². The Hall–Kier alpha value is -2.92. The van der Waals surface area contributed by atoms with E-state index < -0.39 is 0 Å². The first-order chi connectivity index (χ1) is 13.7. The highest BCUT2D eigenvalue weighted by Crippen LogP contribution is 2.35. The van der Waals surface area contributed by atoms with Crippen LogP contribution in [0.15, 0.2) is 47.8 Å². The fourth-order valence-corrected chi connectivity index (χ4v) is 4.19. The molecular formula is C23H23ClN4O. The lowest BCUT2D eigenvalue weighted by Gasteiger charge is -2.22. The minimum atomic E-state index is -0.0644. The average Bonchev–Trinajstić information content (AvgIpc) is 3.06. The molecule has 0 spiro atoms. The molecule has 0 aliphatic rings. The highest BCUT2D eigenvalue weighted by Gasteiger charge is 2.20. The lowest BCUT2D eigenvalue weighted by atomic mass is 9.85. The minimum Gasteiger partial charge on any atom is -0.358 e. The first-order valence-electron chi connectivity index (χ1n) is 9.49. The Morgan fingerprint density at radius 1 is 1.07 bits per heavy atom. The van der Waals surface area contributed by atoms with Gasteiger partial charge in [0.25, 0.3) is 0 Å². The molecular weight excluding hydrogens is 384 g/mol. The van der Waals surface area contributed by atoms with Crippen LogP contribution in [0, 0.1) is 13.8 Å². The molecule has 4 rings (SSSR count). The molecule has 0 radical (unpaired) electrons. The Morgan fingerprint density at radius 3 is 2.52 bits per heavy atom. The third-order valence-corrected chi connectivity index (χ3v) is 5.54. The van der Waals surface area contributed by atoms with Gasteiger partial charge >= 0.3 is 0 Å². The van der Waals surface area contributed by atoms with Crippen molar-refractivity contribution in [1.82, 2.24) is 19.6 Å². The zero-order valence-electron chi connectivity index (χ0n) is 17.2. The van der Waals surface area contributed by atoms with Crippen LogP contribution in [0.2, 0.25) is 5.02 Å². The van der Waals surface area contributed by atoms with E-state index in [-0.39, 0.29) is 10.8 Å². The highest BCUT2D eigenvalue weighted by molar-refractivity contribution is 6.31. The van der Waals surface area contributed by atoms with Crippen molar-refractivity contribution in [3.05, 3.63) is 75.1 Å². The summed E-state index contributed by atoms with van der Waals surface area (Å²) in [6.07, 6.45) is 6.84. The summed E-state index contributed by atoms with van der Waals surface area (Å²) in [5.41, 5.74) is 6.67. The van der Waals surface area contributed by atoms with Crippen LogP contribution in [0.1, 0.15) is 37.6 Å². The molecule has 29 heavy (non-hydrogen) atoms. The molecule has 0 unspecified atom stereocenters. The van der Waals surface area contributed by atoms with Gasteiger partial charge in [0, 0.05) is 46.0 Å². The van der Waals surface area contributed by atoms with Gasteiger partial charge in [0.1, 0.15) is 0 Å².